The highest BCUT2D eigenvalue weighted by Gasteiger charge is 2.19. The van der Waals surface area contributed by atoms with E-state index in [1.807, 2.05) is 32.0 Å². The predicted octanol–water partition coefficient (Wildman–Crippen LogP) is 3.91. The molecule has 0 aliphatic carbocycles. The van der Waals surface area contributed by atoms with Crippen LogP contribution < -0.4 is 10.1 Å². The number of esters is 1. The quantitative estimate of drug-likeness (QED) is 0.792. The van der Waals surface area contributed by atoms with Crippen LogP contribution >= 0.6 is 11.6 Å². The molecule has 2 aromatic carbocycles. The molecule has 0 aromatic heterocycles. The number of amides is 1. The summed E-state index contributed by atoms with van der Waals surface area (Å²) >= 11 is 5.84. The zero-order chi connectivity index (χ0) is 18.4. The molecule has 25 heavy (non-hydrogen) atoms. The van der Waals surface area contributed by atoms with Gasteiger partial charge in [0.2, 0.25) is 0 Å². The van der Waals surface area contributed by atoms with Gasteiger partial charge >= 0.3 is 5.97 Å². The summed E-state index contributed by atoms with van der Waals surface area (Å²) in [6.07, 6.45) is -0.935. The number of nitrogens with one attached hydrogen (secondary N) is 1. The van der Waals surface area contributed by atoms with Gasteiger partial charge in [-0.25, -0.2) is 4.79 Å². The number of hydrogen-bond acceptors (Lipinski definition) is 4. The Bertz CT molecular complexity index is 776. The number of rotatable bonds is 6. The van der Waals surface area contributed by atoms with Crippen LogP contribution in [-0.4, -0.2) is 24.6 Å². The van der Waals surface area contributed by atoms with E-state index in [2.05, 4.69) is 5.32 Å². The molecule has 0 fully saturated rings. The maximum atomic E-state index is 12.2. The van der Waals surface area contributed by atoms with Gasteiger partial charge in [-0.3, -0.25) is 4.79 Å². The van der Waals surface area contributed by atoms with Crippen LogP contribution in [0.1, 0.15) is 18.1 Å². The lowest BCUT2D eigenvalue weighted by atomic mass is 10.1. The first kappa shape index (κ1) is 18.8. The molecule has 0 aliphatic rings. The molecule has 1 amide bonds. The van der Waals surface area contributed by atoms with Crippen LogP contribution in [-0.2, 0) is 14.3 Å². The summed E-state index contributed by atoms with van der Waals surface area (Å²) < 4.78 is 10.4. The molecule has 0 spiro atoms. The number of anilines is 1. The zero-order valence-corrected chi connectivity index (χ0v) is 15.1. The molecule has 2 rings (SSSR count). The molecule has 5 nitrogen and oxygen atoms in total. The monoisotopic (exact) mass is 361 g/mol. The molecule has 1 N–H and O–H groups in total. The Morgan fingerprint density at radius 3 is 2.64 bits per heavy atom. The van der Waals surface area contributed by atoms with Gasteiger partial charge in [0.1, 0.15) is 5.75 Å². The summed E-state index contributed by atoms with van der Waals surface area (Å²) in [7, 11) is 0. The summed E-state index contributed by atoms with van der Waals surface area (Å²) in [4.78, 5) is 24.0. The minimum atomic E-state index is -0.935. The Morgan fingerprint density at radius 2 is 1.92 bits per heavy atom. The number of hydrogen-bond donors (Lipinski definition) is 1. The van der Waals surface area contributed by atoms with Crippen molar-refractivity contribution in [3.63, 3.8) is 0 Å². The van der Waals surface area contributed by atoms with Crippen LogP contribution in [0.3, 0.4) is 0 Å². The van der Waals surface area contributed by atoms with Gasteiger partial charge in [0.15, 0.2) is 12.7 Å². The molecule has 132 valence electrons. The predicted molar refractivity (Wildman–Crippen MR) is 97.0 cm³/mol. The molecule has 0 saturated heterocycles. The first-order valence-electron chi connectivity index (χ1n) is 7.81. The van der Waals surface area contributed by atoms with E-state index < -0.39 is 18.0 Å². The minimum Gasteiger partial charge on any atom is -0.482 e. The Morgan fingerprint density at radius 1 is 1.16 bits per heavy atom. The van der Waals surface area contributed by atoms with E-state index in [9.17, 15) is 9.59 Å². The molecular weight excluding hydrogens is 342 g/mol. The second kappa shape index (κ2) is 8.53. The van der Waals surface area contributed by atoms with Gasteiger partial charge in [0, 0.05) is 10.7 Å². The molecule has 0 saturated carbocycles. The van der Waals surface area contributed by atoms with Gasteiger partial charge in [-0.1, -0.05) is 29.8 Å². The third-order valence-electron chi connectivity index (χ3n) is 3.48. The van der Waals surface area contributed by atoms with Crippen LogP contribution in [0.25, 0.3) is 0 Å². The molecule has 0 heterocycles. The lowest BCUT2D eigenvalue weighted by Crippen LogP contribution is -2.31. The number of halogens is 1. The summed E-state index contributed by atoms with van der Waals surface area (Å²) in [5, 5.41) is 3.27. The normalized spacial score (nSPS) is 11.5. The fourth-order valence-corrected chi connectivity index (χ4v) is 2.27. The Labute approximate surface area is 151 Å². The average molecular weight is 362 g/mol. The third-order valence-corrected chi connectivity index (χ3v) is 3.72. The first-order valence-corrected chi connectivity index (χ1v) is 8.19. The van der Waals surface area contributed by atoms with Crippen LogP contribution in [0.2, 0.25) is 5.02 Å². The van der Waals surface area contributed by atoms with Crippen molar-refractivity contribution in [3.8, 4) is 5.75 Å². The van der Waals surface area contributed by atoms with E-state index in [0.717, 1.165) is 11.1 Å². The molecule has 0 bridgehead atoms. The smallest absolute Gasteiger partial charge is 0.344 e. The summed E-state index contributed by atoms with van der Waals surface area (Å²) in [6.45, 7) is 5.04. The van der Waals surface area contributed by atoms with Crippen molar-refractivity contribution in [2.75, 3.05) is 11.9 Å². The van der Waals surface area contributed by atoms with E-state index in [0.29, 0.717) is 16.5 Å². The van der Waals surface area contributed by atoms with Crippen LogP contribution in [0, 0.1) is 13.8 Å². The second-order valence-electron chi connectivity index (χ2n) is 5.69. The van der Waals surface area contributed by atoms with E-state index >= 15 is 0 Å². The van der Waals surface area contributed by atoms with Crippen LogP contribution in [0.5, 0.6) is 5.75 Å². The van der Waals surface area contributed by atoms with Crippen LogP contribution in [0.15, 0.2) is 42.5 Å². The highest BCUT2D eigenvalue weighted by atomic mass is 35.5. The number of ether oxygens (including phenoxy) is 2. The summed E-state index contributed by atoms with van der Waals surface area (Å²) in [5.74, 6) is -0.578. The molecule has 0 radical (unpaired) electrons. The Balaban J connectivity index is 1.85. The van der Waals surface area contributed by atoms with Gasteiger partial charge < -0.3 is 14.8 Å². The molecule has 0 aliphatic heterocycles. The van der Waals surface area contributed by atoms with E-state index in [-0.39, 0.29) is 6.61 Å². The van der Waals surface area contributed by atoms with Crippen molar-refractivity contribution in [3.05, 3.63) is 58.6 Å². The maximum absolute atomic E-state index is 12.2. The Kier molecular flexibility index (Phi) is 6.42. The number of carbonyl (C=O) groups excluding carboxylic acids is 2. The van der Waals surface area contributed by atoms with Gasteiger partial charge in [0.05, 0.1) is 0 Å². The van der Waals surface area contributed by atoms with Gasteiger partial charge in [-0.05, 0) is 56.2 Å². The van der Waals surface area contributed by atoms with E-state index in [4.69, 9.17) is 21.1 Å². The van der Waals surface area contributed by atoms with Crippen molar-refractivity contribution in [2.45, 2.75) is 26.9 Å². The first-order chi connectivity index (χ1) is 11.8. The average Bonchev–Trinajstić information content (AvgIpc) is 2.56. The molecule has 1 atom stereocenters. The van der Waals surface area contributed by atoms with Crippen molar-refractivity contribution in [1.29, 1.82) is 0 Å². The maximum Gasteiger partial charge on any atom is 0.344 e. The van der Waals surface area contributed by atoms with Gasteiger partial charge in [-0.15, -0.1) is 0 Å². The highest BCUT2D eigenvalue weighted by Crippen LogP contribution is 2.18. The SMILES string of the molecule is Cc1ccc(C)c(NC(=O)[C@H](C)OC(=O)COc2cccc(Cl)c2)c1. The fraction of sp³-hybridized carbons (Fsp3) is 0.263. The van der Waals surface area contributed by atoms with Gasteiger partial charge in [0.25, 0.3) is 5.91 Å². The van der Waals surface area contributed by atoms with Crippen molar-refractivity contribution in [2.24, 2.45) is 0 Å². The zero-order valence-electron chi connectivity index (χ0n) is 14.3. The Hall–Kier alpha value is -2.53. The molecular formula is C19H20ClNO4. The topological polar surface area (TPSA) is 64.6 Å². The minimum absolute atomic E-state index is 0.304. The number of aryl methyl sites for hydroxylation is 2. The van der Waals surface area contributed by atoms with E-state index in [1.165, 1.54) is 6.92 Å². The van der Waals surface area contributed by atoms with Crippen molar-refractivity contribution < 1.29 is 19.1 Å². The molecule has 0 unspecified atom stereocenters. The highest BCUT2D eigenvalue weighted by molar-refractivity contribution is 6.30. The fourth-order valence-electron chi connectivity index (χ4n) is 2.09. The largest absolute Gasteiger partial charge is 0.482 e. The summed E-state index contributed by atoms with van der Waals surface area (Å²) in [5.41, 5.74) is 2.66. The third kappa shape index (κ3) is 5.80. The number of carbonyl (C=O) groups is 2. The lowest BCUT2D eigenvalue weighted by molar-refractivity contribution is -0.155. The standard InChI is InChI=1S/C19H20ClNO4/c1-12-7-8-13(2)17(9-12)21-19(23)14(3)25-18(22)11-24-16-6-4-5-15(20)10-16/h4-10,14H,11H2,1-3H3,(H,21,23)/t14-/m0/s1. The van der Waals surface area contributed by atoms with Gasteiger partial charge in [-0.2, -0.15) is 0 Å². The van der Waals surface area contributed by atoms with Crippen molar-refractivity contribution in [1.82, 2.24) is 0 Å². The number of benzene rings is 2. The van der Waals surface area contributed by atoms with Crippen molar-refractivity contribution >= 4 is 29.2 Å². The summed E-state index contributed by atoms with van der Waals surface area (Å²) in [6, 6.07) is 12.4. The molecule has 6 heteroatoms. The van der Waals surface area contributed by atoms with E-state index in [1.54, 1.807) is 24.3 Å². The molecule has 2 aromatic rings. The second-order valence-corrected chi connectivity index (χ2v) is 6.12. The lowest BCUT2D eigenvalue weighted by Gasteiger charge is -2.15. The van der Waals surface area contributed by atoms with Crippen LogP contribution in [0.4, 0.5) is 5.69 Å².